The highest BCUT2D eigenvalue weighted by Gasteiger charge is 2.34. The Morgan fingerprint density at radius 2 is 2.12 bits per heavy atom. The molecule has 6 heteroatoms. The molecule has 1 unspecified atom stereocenters. The van der Waals surface area contributed by atoms with Crippen LogP contribution in [0.25, 0.3) is 11.1 Å². The fourth-order valence-corrected chi connectivity index (χ4v) is 3.39. The van der Waals surface area contributed by atoms with E-state index in [4.69, 9.17) is 4.42 Å². The van der Waals surface area contributed by atoms with E-state index >= 15 is 0 Å². The molecule has 0 spiro atoms. The predicted molar refractivity (Wildman–Crippen MR) is 96.7 cm³/mol. The lowest BCUT2D eigenvalue weighted by Crippen LogP contribution is -2.17. The van der Waals surface area contributed by atoms with Crippen molar-refractivity contribution in [1.29, 1.82) is 0 Å². The van der Waals surface area contributed by atoms with E-state index < -0.39 is 5.76 Å². The quantitative estimate of drug-likeness (QED) is 0.725. The molecule has 134 valence electrons. The van der Waals surface area contributed by atoms with E-state index in [1.165, 1.54) is 6.07 Å². The summed E-state index contributed by atoms with van der Waals surface area (Å²) in [5.74, 6) is -0.307. The summed E-state index contributed by atoms with van der Waals surface area (Å²) in [6.45, 7) is 1.74. The number of fused-ring (bicyclic) bond motifs is 1. The van der Waals surface area contributed by atoms with Crippen LogP contribution in [0.5, 0.6) is 0 Å². The lowest BCUT2D eigenvalue weighted by atomic mass is 9.89. The number of rotatable bonds is 5. The minimum Gasteiger partial charge on any atom is -0.408 e. The molecule has 0 radical (unpaired) electrons. The summed E-state index contributed by atoms with van der Waals surface area (Å²) in [6.07, 6.45) is 2.52. The Morgan fingerprint density at radius 3 is 2.85 bits per heavy atom. The molecule has 2 N–H and O–H groups in total. The van der Waals surface area contributed by atoms with Gasteiger partial charge >= 0.3 is 5.76 Å². The predicted octanol–water partition coefficient (Wildman–Crippen LogP) is 4.09. The third-order valence-corrected chi connectivity index (χ3v) is 4.91. The van der Waals surface area contributed by atoms with Gasteiger partial charge in [-0.15, -0.1) is 0 Å². The van der Waals surface area contributed by atoms with Crippen LogP contribution < -0.4 is 11.1 Å². The topological polar surface area (TPSA) is 75.1 Å². The number of anilines is 1. The van der Waals surface area contributed by atoms with Crippen molar-refractivity contribution in [1.82, 2.24) is 4.98 Å². The number of aromatic amines is 1. The number of amides is 1. The lowest BCUT2D eigenvalue weighted by Gasteiger charge is -2.17. The van der Waals surface area contributed by atoms with Gasteiger partial charge in [-0.1, -0.05) is 12.1 Å². The maximum Gasteiger partial charge on any atom is 0.417 e. The van der Waals surface area contributed by atoms with Crippen molar-refractivity contribution in [2.24, 2.45) is 5.92 Å². The molecule has 2 aromatic carbocycles. The second-order valence-corrected chi connectivity index (χ2v) is 6.93. The first-order valence-electron chi connectivity index (χ1n) is 8.68. The maximum absolute atomic E-state index is 13.5. The number of hydrogen-bond donors (Lipinski definition) is 2. The first-order chi connectivity index (χ1) is 12.5. The third kappa shape index (κ3) is 3.40. The molecule has 1 aliphatic carbocycles. The first kappa shape index (κ1) is 16.6. The molecule has 1 heterocycles. The minimum absolute atomic E-state index is 0.0863. The molecule has 1 aromatic heterocycles. The van der Waals surface area contributed by atoms with Crippen molar-refractivity contribution in [2.75, 3.05) is 5.32 Å². The molecule has 1 saturated carbocycles. The summed E-state index contributed by atoms with van der Waals surface area (Å²) < 4.78 is 18.6. The van der Waals surface area contributed by atoms with Gasteiger partial charge in [-0.25, -0.2) is 9.18 Å². The van der Waals surface area contributed by atoms with Gasteiger partial charge < -0.3 is 9.73 Å². The number of H-pyrrole nitrogens is 1. The molecule has 0 aliphatic heterocycles. The highest BCUT2D eigenvalue weighted by atomic mass is 19.1. The third-order valence-electron chi connectivity index (χ3n) is 4.91. The van der Waals surface area contributed by atoms with E-state index in [2.05, 4.69) is 10.3 Å². The van der Waals surface area contributed by atoms with E-state index in [9.17, 15) is 14.0 Å². The largest absolute Gasteiger partial charge is 0.417 e. The smallest absolute Gasteiger partial charge is 0.408 e. The van der Waals surface area contributed by atoms with E-state index in [-0.39, 0.29) is 17.6 Å². The fourth-order valence-electron chi connectivity index (χ4n) is 3.39. The number of aromatic nitrogens is 1. The highest BCUT2D eigenvalue weighted by Crippen LogP contribution is 2.44. The van der Waals surface area contributed by atoms with Gasteiger partial charge in [0.05, 0.1) is 5.52 Å². The molecule has 1 fully saturated rings. The molecular weight excluding hydrogens is 335 g/mol. The van der Waals surface area contributed by atoms with Gasteiger partial charge in [0.1, 0.15) is 5.82 Å². The Kier molecular flexibility index (Phi) is 4.11. The number of carbonyl (C=O) groups is 1. The van der Waals surface area contributed by atoms with Crippen LogP contribution in [0.4, 0.5) is 10.1 Å². The van der Waals surface area contributed by atoms with Crippen LogP contribution in [0.2, 0.25) is 0 Å². The Labute approximate surface area is 149 Å². The van der Waals surface area contributed by atoms with E-state index in [1.807, 2.05) is 6.07 Å². The molecular formula is C20H19FN2O3. The molecule has 0 saturated heterocycles. The van der Waals surface area contributed by atoms with Crippen LogP contribution in [0.1, 0.15) is 36.3 Å². The van der Waals surface area contributed by atoms with Crippen LogP contribution >= 0.6 is 0 Å². The van der Waals surface area contributed by atoms with Gasteiger partial charge in [0, 0.05) is 18.2 Å². The molecule has 0 bridgehead atoms. The molecule has 26 heavy (non-hydrogen) atoms. The van der Waals surface area contributed by atoms with E-state index in [0.717, 1.165) is 18.4 Å². The number of nitrogens with one attached hydrogen (secondary N) is 2. The van der Waals surface area contributed by atoms with Crippen molar-refractivity contribution in [3.8, 4) is 0 Å². The summed E-state index contributed by atoms with van der Waals surface area (Å²) in [5.41, 5.74) is 3.18. The Balaban J connectivity index is 1.50. The van der Waals surface area contributed by atoms with Crippen LogP contribution in [-0.2, 0) is 4.79 Å². The van der Waals surface area contributed by atoms with Gasteiger partial charge in [-0.2, -0.15) is 0 Å². The van der Waals surface area contributed by atoms with Crippen molar-refractivity contribution >= 4 is 22.7 Å². The SMILES string of the molecule is Cc1cc(C(CC(=O)Nc2ccc3[nH]c(=O)oc3c2)C2CC2)ccc1F. The number of hydrogen-bond acceptors (Lipinski definition) is 3. The lowest BCUT2D eigenvalue weighted by molar-refractivity contribution is -0.116. The highest BCUT2D eigenvalue weighted by molar-refractivity contribution is 5.93. The van der Waals surface area contributed by atoms with E-state index in [0.29, 0.717) is 34.7 Å². The molecule has 5 nitrogen and oxygen atoms in total. The normalized spacial score (nSPS) is 15.2. The van der Waals surface area contributed by atoms with Gasteiger partial charge in [0.15, 0.2) is 5.58 Å². The summed E-state index contributed by atoms with van der Waals surface area (Å²) in [6, 6.07) is 10.1. The number of aryl methyl sites for hydroxylation is 1. The summed E-state index contributed by atoms with van der Waals surface area (Å²) in [4.78, 5) is 26.3. The fraction of sp³-hybridized carbons (Fsp3) is 0.300. The van der Waals surface area contributed by atoms with Crippen LogP contribution in [0.15, 0.2) is 45.6 Å². The first-order valence-corrected chi connectivity index (χ1v) is 8.68. The zero-order chi connectivity index (χ0) is 18.3. The number of halogens is 1. The van der Waals surface area contributed by atoms with Crippen LogP contribution in [0.3, 0.4) is 0 Å². The maximum atomic E-state index is 13.5. The molecule has 1 aliphatic rings. The second kappa shape index (κ2) is 6.44. The van der Waals surface area contributed by atoms with Crippen molar-refractivity contribution in [2.45, 2.75) is 32.1 Å². The van der Waals surface area contributed by atoms with E-state index in [1.54, 1.807) is 31.2 Å². The number of oxazole rings is 1. The standard InChI is InChI=1S/C20H19FN2O3/c1-11-8-13(4-6-16(11)21)15(12-2-3-12)10-19(24)22-14-5-7-17-18(9-14)26-20(25)23-17/h4-9,12,15H,2-3,10H2,1H3,(H,22,24)(H,23,25). The van der Waals surface area contributed by atoms with Crippen molar-refractivity contribution in [3.63, 3.8) is 0 Å². The van der Waals surface area contributed by atoms with Crippen molar-refractivity contribution in [3.05, 3.63) is 63.9 Å². The molecule has 1 amide bonds. The Morgan fingerprint density at radius 1 is 1.31 bits per heavy atom. The minimum atomic E-state index is -0.524. The molecule has 1 atom stereocenters. The summed E-state index contributed by atoms with van der Waals surface area (Å²) in [7, 11) is 0. The van der Waals surface area contributed by atoms with Gasteiger partial charge in [0.25, 0.3) is 0 Å². The van der Waals surface area contributed by atoms with Crippen LogP contribution in [-0.4, -0.2) is 10.9 Å². The average Bonchev–Trinajstić information content (AvgIpc) is 3.36. The summed E-state index contributed by atoms with van der Waals surface area (Å²) >= 11 is 0. The van der Waals surface area contributed by atoms with Gasteiger partial charge in [0.2, 0.25) is 5.91 Å². The number of benzene rings is 2. The zero-order valence-corrected chi connectivity index (χ0v) is 14.3. The Bertz CT molecular complexity index is 1030. The number of carbonyl (C=O) groups excluding carboxylic acids is 1. The van der Waals surface area contributed by atoms with Gasteiger partial charge in [-0.05, 0) is 60.9 Å². The molecule has 3 aromatic rings. The van der Waals surface area contributed by atoms with Gasteiger partial charge in [-0.3, -0.25) is 9.78 Å². The van der Waals surface area contributed by atoms with Crippen LogP contribution in [0, 0.1) is 18.7 Å². The average molecular weight is 354 g/mol. The van der Waals surface area contributed by atoms with Crippen molar-refractivity contribution < 1.29 is 13.6 Å². The summed E-state index contributed by atoms with van der Waals surface area (Å²) in [5, 5.41) is 2.86. The molecule has 4 rings (SSSR count). The monoisotopic (exact) mass is 354 g/mol. The second-order valence-electron chi connectivity index (χ2n) is 6.93. The Hall–Kier alpha value is -2.89. The zero-order valence-electron chi connectivity index (χ0n) is 14.3.